The maximum atomic E-state index is 4.49. The van der Waals surface area contributed by atoms with E-state index >= 15 is 0 Å². The van der Waals surface area contributed by atoms with Crippen LogP contribution >= 0.6 is 28.6 Å². The predicted octanol–water partition coefficient (Wildman–Crippen LogP) is 1.68. The zero-order valence-corrected chi connectivity index (χ0v) is 10.7. The molecule has 0 aliphatic carbocycles. The Kier molecular flexibility index (Phi) is 184. The third-order valence-electron chi connectivity index (χ3n) is 0. The van der Waals surface area contributed by atoms with Crippen LogP contribution in [0.15, 0.2) is 0 Å². The quantitative estimate of drug-likeness (QED) is 0.491. The molecule has 0 fully saturated rings. The van der Waals surface area contributed by atoms with Crippen LogP contribution in [0.5, 0.6) is 0 Å². The van der Waals surface area contributed by atoms with E-state index in [9.17, 15) is 0 Å². The van der Waals surface area contributed by atoms with Crippen molar-refractivity contribution in [1.29, 1.82) is 0 Å². The second kappa shape index (κ2) is 57.5. The van der Waals surface area contributed by atoms with Crippen LogP contribution < -0.4 is 0 Å². The van der Waals surface area contributed by atoms with Gasteiger partial charge in [0.15, 0.2) is 0 Å². The van der Waals surface area contributed by atoms with Crippen LogP contribution in [0.25, 0.3) is 0 Å². The fourth-order valence-corrected chi connectivity index (χ4v) is 0. The first-order valence-corrected chi connectivity index (χ1v) is 6.36. The first-order valence-electron chi connectivity index (χ1n) is 0.359. The minimum atomic E-state index is 0. The van der Waals surface area contributed by atoms with E-state index in [0.717, 1.165) is 0 Å². The summed E-state index contributed by atoms with van der Waals surface area (Å²) in [5.41, 5.74) is 0. The molecule has 7 heteroatoms. The third-order valence-corrected chi connectivity index (χ3v) is 0. The van der Waals surface area contributed by atoms with Crippen molar-refractivity contribution in [1.82, 2.24) is 0 Å². The van der Waals surface area contributed by atoms with E-state index in [1.54, 1.807) is 0 Å². The van der Waals surface area contributed by atoms with Gasteiger partial charge in [0.05, 0.1) is 0 Å². The van der Waals surface area contributed by atoms with Gasteiger partial charge in [-0.25, -0.2) is 0 Å². The van der Waals surface area contributed by atoms with Crippen LogP contribution in [0.3, 0.4) is 0 Å². The summed E-state index contributed by atoms with van der Waals surface area (Å²) in [4.78, 5) is 0. The summed E-state index contributed by atoms with van der Waals surface area (Å²) >= 11 is 6.67. The van der Waals surface area contributed by atoms with Crippen LogP contribution in [0.4, 0.5) is 0 Å². The van der Waals surface area contributed by atoms with E-state index in [2.05, 4.69) is 83.1 Å². The van der Waals surface area contributed by atoms with E-state index in [1.807, 2.05) is 0 Å². The van der Waals surface area contributed by atoms with Gasteiger partial charge >= 0.3 is 100 Å². The minimum absolute atomic E-state index is 0. The van der Waals surface area contributed by atoms with Crippen LogP contribution in [0.1, 0.15) is 0 Å². The molecule has 0 bridgehead atoms. The fraction of sp³-hybridized carbons (Fsp3) is 0. The third kappa shape index (κ3) is 44.6. The number of halogens is 3. The van der Waals surface area contributed by atoms with Crippen molar-refractivity contribution in [3.8, 4) is 0 Å². The summed E-state index contributed by atoms with van der Waals surface area (Å²) in [7, 11) is 13.5. The molecule has 0 rings (SSSR count). The predicted molar refractivity (Wildman–Crippen MR) is 23.3 cm³/mol. The van der Waals surface area contributed by atoms with Gasteiger partial charge in [-0.3, -0.25) is 0 Å². The summed E-state index contributed by atoms with van der Waals surface area (Å²) in [6, 6.07) is 0. The molecule has 0 aromatic rings. The second-order valence-electron chi connectivity index (χ2n) is 0. The summed E-state index contributed by atoms with van der Waals surface area (Å²) in [5, 5.41) is 0. The molecule has 0 atom stereocenters. The zero-order chi connectivity index (χ0) is 6.00. The summed E-state index contributed by atoms with van der Waals surface area (Å²) in [6.45, 7) is 0. The van der Waals surface area contributed by atoms with E-state index in [1.165, 1.54) is 0 Å². The van der Waals surface area contributed by atoms with Crippen molar-refractivity contribution in [2.45, 2.75) is 0 Å². The monoisotopic (exact) mass is 450 g/mol. The number of hydrogen-bond acceptors (Lipinski definition) is 0. The standard InChI is InChI=1S/Al.3ClH.3Pd/h;3*1H;;;/q+3;;;;;;/p-3. The van der Waals surface area contributed by atoms with Gasteiger partial charge in [0.1, 0.15) is 0 Å². The van der Waals surface area contributed by atoms with Crippen LogP contribution in [0.2, 0.25) is 0 Å². The molecule has 0 nitrogen and oxygen atoms in total. The van der Waals surface area contributed by atoms with Gasteiger partial charge in [0.25, 0.3) is 0 Å². The average molecular weight is 453 g/mol. The van der Waals surface area contributed by atoms with Gasteiger partial charge in [-0.05, 0) is 0 Å². The molecule has 0 amide bonds. The summed E-state index contributed by atoms with van der Waals surface area (Å²) in [5.74, 6) is 0. The molecular weight excluding hydrogens is 453 g/mol. The molecule has 0 aliphatic rings. The van der Waals surface area contributed by atoms with Crippen molar-refractivity contribution in [3.05, 3.63) is 0 Å². The summed E-state index contributed by atoms with van der Waals surface area (Å²) < 4.78 is 0. The zero-order valence-electron chi connectivity index (χ0n) is 2.66. The average Bonchev–Trinajstić information content (AvgIpc) is 1.81. The van der Waals surface area contributed by atoms with Gasteiger partial charge in [0, 0.05) is 0 Å². The molecule has 7 heavy (non-hydrogen) atoms. The Bertz CT molecular complexity index is 10.1. The molecule has 0 aromatic carbocycles. The fourth-order valence-electron chi connectivity index (χ4n) is 0. The molecule has 0 heterocycles. The SMILES string of the molecule is [Al+3].[Cl][Pd-].[Cl][Pd-].[Cl][Pd-]. The van der Waals surface area contributed by atoms with E-state index in [-0.39, 0.29) is 17.4 Å². The van der Waals surface area contributed by atoms with E-state index in [4.69, 9.17) is 0 Å². The van der Waals surface area contributed by atoms with E-state index in [0.29, 0.717) is 0 Å². The second-order valence-corrected chi connectivity index (χ2v) is 0. The van der Waals surface area contributed by atoms with Gasteiger partial charge in [-0.2, -0.15) is 0 Å². The van der Waals surface area contributed by atoms with Crippen molar-refractivity contribution < 1.29 is 54.5 Å². The van der Waals surface area contributed by atoms with Crippen molar-refractivity contribution in [3.63, 3.8) is 0 Å². The molecule has 54 valence electrons. The van der Waals surface area contributed by atoms with Crippen LogP contribution in [-0.4, -0.2) is 17.4 Å². The Morgan fingerprint density at radius 1 is 0.571 bits per heavy atom. The molecule has 0 spiro atoms. The van der Waals surface area contributed by atoms with E-state index < -0.39 is 0 Å². The molecule has 0 saturated heterocycles. The van der Waals surface area contributed by atoms with Crippen LogP contribution in [-0.2, 0) is 54.5 Å². The molecule has 0 unspecified atom stereocenters. The van der Waals surface area contributed by atoms with Gasteiger partial charge in [0.2, 0.25) is 0 Å². The Morgan fingerprint density at radius 2 is 0.571 bits per heavy atom. The molecule has 0 aromatic heterocycles. The Hall–Kier alpha value is 3.39. The molecule has 0 N–H and O–H groups in total. The van der Waals surface area contributed by atoms with Crippen molar-refractivity contribution in [2.24, 2.45) is 0 Å². The Labute approximate surface area is 98.7 Å². The van der Waals surface area contributed by atoms with Crippen LogP contribution in [0, 0.1) is 0 Å². The van der Waals surface area contributed by atoms with Crippen molar-refractivity contribution >= 4 is 45.9 Å². The number of rotatable bonds is 0. The molecule has 0 radical (unpaired) electrons. The normalized spacial score (nSPS) is 3.00. The molecular formula is AlCl3Pd3. The van der Waals surface area contributed by atoms with Crippen molar-refractivity contribution in [2.75, 3.05) is 0 Å². The maximum absolute atomic E-state index is 4.49. The first kappa shape index (κ1) is 22.4. The van der Waals surface area contributed by atoms with Gasteiger partial charge < -0.3 is 0 Å². The first-order chi connectivity index (χ1) is 3.00. The van der Waals surface area contributed by atoms with Gasteiger partial charge in [-0.1, -0.05) is 0 Å². The molecule has 0 aliphatic heterocycles. The topological polar surface area (TPSA) is 0 Å². The number of hydrogen-bond donors (Lipinski definition) is 0. The Balaban J connectivity index is -0.00000000900. The Morgan fingerprint density at radius 3 is 0.571 bits per heavy atom. The molecule has 0 saturated carbocycles. The summed E-state index contributed by atoms with van der Waals surface area (Å²) in [6.07, 6.45) is 0. The van der Waals surface area contributed by atoms with Gasteiger partial charge in [-0.15, -0.1) is 0 Å².